The minimum Gasteiger partial charge on any atom is -0.394 e. The molecule has 0 unspecified atom stereocenters. The quantitative estimate of drug-likeness (QED) is 0.660. The first-order chi connectivity index (χ1) is 10.2. The second-order valence-corrected chi connectivity index (χ2v) is 6.37. The van der Waals surface area contributed by atoms with E-state index in [0.717, 1.165) is 0 Å². The Morgan fingerprint density at radius 1 is 1.45 bits per heavy atom. The number of carbonyl (C=O) groups is 1. The maximum Gasteiger partial charge on any atom is 0.271 e. The summed E-state index contributed by atoms with van der Waals surface area (Å²) in [5.74, 6) is -1.48. The zero-order valence-electron chi connectivity index (χ0n) is 12.0. The average Bonchev–Trinajstić information content (AvgIpc) is 2.99. The maximum atomic E-state index is 11.4. The van der Waals surface area contributed by atoms with Crippen LogP contribution in [0.1, 0.15) is 30.6 Å². The predicted octanol–water partition coefficient (Wildman–Crippen LogP) is -0.263. The number of rotatable bonds is 3. The summed E-state index contributed by atoms with van der Waals surface area (Å²) < 4.78 is 19.2. The molecule has 2 saturated heterocycles. The molecule has 3 heterocycles. The third kappa shape index (κ3) is 2.31. The first-order valence-corrected chi connectivity index (χ1v) is 7.49. The smallest absolute Gasteiger partial charge is 0.271 e. The minimum absolute atomic E-state index is 0.0577. The van der Waals surface area contributed by atoms with Crippen LogP contribution in [0.15, 0.2) is 4.73 Å². The van der Waals surface area contributed by atoms with Crippen molar-refractivity contribution in [2.75, 3.05) is 12.3 Å². The van der Waals surface area contributed by atoms with Crippen molar-refractivity contribution in [3.8, 4) is 0 Å². The van der Waals surface area contributed by atoms with Gasteiger partial charge in [-0.3, -0.25) is 9.36 Å². The molecule has 0 aromatic carbocycles. The number of nitrogens with zero attached hydrogens (tertiary/aromatic N) is 2. The van der Waals surface area contributed by atoms with Crippen LogP contribution in [0.4, 0.5) is 5.82 Å². The number of hydrogen-bond acceptors (Lipinski definition) is 7. The minimum atomic E-state index is -0.806. The van der Waals surface area contributed by atoms with E-state index in [1.807, 2.05) is 0 Å². The molecule has 22 heavy (non-hydrogen) atoms. The SMILES string of the molecule is CC1(C)O[C@@H]2[C@H](O1)[C@@H](CO)O[C@H]2n1c(Br)nc(C(N)=O)c1N. The van der Waals surface area contributed by atoms with E-state index in [1.54, 1.807) is 13.8 Å². The molecule has 2 fully saturated rings. The molecule has 4 atom stereocenters. The van der Waals surface area contributed by atoms with Crippen molar-refractivity contribution < 1.29 is 24.1 Å². The van der Waals surface area contributed by atoms with E-state index in [1.165, 1.54) is 4.57 Å². The molecule has 0 spiro atoms. The molecule has 122 valence electrons. The highest BCUT2D eigenvalue weighted by Crippen LogP contribution is 2.44. The van der Waals surface area contributed by atoms with Crippen molar-refractivity contribution in [2.24, 2.45) is 5.73 Å². The molecule has 1 aromatic rings. The molecule has 10 heteroatoms. The van der Waals surface area contributed by atoms with E-state index in [-0.39, 0.29) is 22.9 Å². The van der Waals surface area contributed by atoms with Crippen LogP contribution in [0, 0.1) is 0 Å². The molecule has 0 aliphatic carbocycles. The molecule has 3 rings (SSSR count). The summed E-state index contributed by atoms with van der Waals surface area (Å²) in [6.07, 6.45) is -2.21. The van der Waals surface area contributed by atoms with Gasteiger partial charge in [0.25, 0.3) is 5.91 Å². The highest BCUT2D eigenvalue weighted by atomic mass is 79.9. The van der Waals surface area contributed by atoms with Gasteiger partial charge in [0.1, 0.15) is 24.1 Å². The Morgan fingerprint density at radius 2 is 2.09 bits per heavy atom. The monoisotopic (exact) mass is 376 g/mol. The van der Waals surface area contributed by atoms with Crippen LogP contribution in [-0.2, 0) is 14.2 Å². The van der Waals surface area contributed by atoms with Gasteiger partial charge < -0.3 is 30.8 Å². The second kappa shape index (κ2) is 5.17. The number of aliphatic hydroxyl groups excluding tert-OH is 1. The third-order valence-electron chi connectivity index (χ3n) is 3.70. The van der Waals surface area contributed by atoms with E-state index in [2.05, 4.69) is 20.9 Å². The largest absolute Gasteiger partial charge is 0.394 e. The van der Waals surface area contributed by atoms with Gasteiger partial charge in [-0.2, -0.15) is 0 Å². The zero-order chi connectivity index (χ0) is 16.2. The highest BCUT2D eigenvalue weighted by Gasteiger charge is 2.56. The fraction of sp³-hybridized carbons (Fsp3) is 0.667. The number of primary amides is 1. The summed E-state index contributed by atoms with van der Waals surface area (Å²) in [5.41, 5.74) is 11.1. The molecule has 5 N–H and O–H groups in total. The van der Waals surface area contributed by atoms with E-state index in [9.17, 15) is 9.90 Å². The van der Waals surface area contributed by atoms with Gasteiger partial charge in [0, 0.05) is 0 Å². The van der Waals surface area contributed by atoms with Gasteiger partial charge in [0.05, 0.1) is 6.61 Å². The van der Waals surface area contributed by atoms with E-state index >= 15 is 0 Å². The van der Waals surface area contributed by atoms with Gasteiger partial charge in [-0.05, 0) is 29.8 Å². The fourth-order valence-corrected chi connectivity index (χ4v) is 3.42. The van der Waals surface area contributed by atoms with Gasteiger partial charge in [0.15, 0.2) is 22.4 Å². The lowest BCUT2D eigenvalue weighted by Crippen LogP contribution is -2.31. The number of halogens is 1. The topological polar surface area (TPSA) is 135 Å². The lowest BCUT2D eigenvalue weighted by atomic mass is 10.1. The Balaban J connectivity index is 2.00. The molecule has 0 saturated carbocycles. The molecule has 2 aliphatic rings. The van der Waals surface area contributed by atoms with E-state index < -0.39 is 36.2 Å². The molecule has 1 amide bonds. The summed E-state index contributed by atoms with van der Waals surface area (Å²) >= 11 is 3.24. The van der Waals surface area contributed by atoms with Gasteiger partial charge in [-0.15, -0.1) is 0 Å². The molecule has 1 aromatic heterocycles. The highest BCUT2D eigenvalue weighted by molar-refractivity contribution is 9.10. The number of imidazole rings is 1. The van der Waals surface area contributed by atoms with Crippen molar-refractivity contribution in [1.82, 2.24) is 9.55 Å². The van der Waals surface area contributed by atoms with Crippen molar-refractivity contribution in [2.45, 2.75) is 44.2 Å². The number of anilines is 1. The molecule has 0 bridgehead atoms. The maximum absolute atomic E-state index is 11.4. The standard InChI is InChI=1S/C12H17BrN4O5/c1-12(2)21-6-4(3-18)20-10(7(6)22-12)17-8(14)5(9(15)19)16-11(17)13/h4,6-7,10,18H,3,14H2,1-2H3,(H2,15,19)/t4-,6-,7-,10-/m1/s1. The van der Waals surface area contributed by atoms with Crippen molar-refractivity contribution in [1.29, 1.82) is 0 Å². The zero-order valence-corrected chi connectivity index (χ0v) is 13.6. The lowest BCUT2D eigenvalue weighted by Gasteiger charge is -2.25. The number of hydrogen-bond donors (Lipinski definition) is 3. The van der Waals surface area contributed by atoms with Crippen LogP contribution in [-0.4, -0.2) is 51.3 Å². The fourth-order valence-electron chi connectivity index (χ4n) is 2.85. The van der Waals surface area contributed by atoms with Gasteiger partial charge in [0.2, 0.25) is 0 Å². The van der Waals surface area contributed by atoms with Crippen molar-refractivity contribution in [3.63, 3.8) is 0 Å². The van der Waals surface area contributed by atoms with Crippen LogP contribution in [0.3, 0.4) is 0 Å². The number of aromatic nitrogens is 2. The average molecular weight is 377 g/mol. The Bertz CT molecular complexity index is 619. The Hall–Kier alpha value is -1.20. The Labute approximate surface area is 134 Å². The van der Waals surface area contributed by atoms with E-state index in [0.29, 0.717) is 0 Å². The summed E-state index contributed by atoms with van der Waals surface area (Å²) in [6, 6.07) is 0. The number of amides is 1. The summed E-state index contributed by atoms with van der Waals surface area (Å²) in [6.45, 7) is 3.32. The number of ether oxygens (including phenoxy) is 3. The third-order valence-corrected chi connectivity index (χ3v) is 4.26. The number of aliphatic hydroxyl groups is 1. The summed E-state index contributed by atoms with van der Waals surface area (Å²) in [5, 5.41) is 9.48. The number of nitrogens with two attached hydrogens (primary N) is 2. The first kappa shape index (κ1) is 15.7. The van der Waals surface area contributed by atoms with Crippen molar-refractivity contribution in [3.05, 3.63) is 10.4 Å². The van der Waals surface area contributed by atoms with Crippen LogP contribution >= 0.6 is 15.9 Å². The van der Waals surface area contributed by atoms with Crippen LogP contribution in [0.5, 0.6) is 0 Å². The van der Waals surface area contributed by atoms with Crippen LogP contribution < -0.4 is 11.5 Å². The first-order valence-electron chi connectivity index (χ1n) is 6.70. The van der Waals surface area contributed by atoms with Gasteiger partial charge in [-0.25, -0.2) is 4.98 Å². The Kier molecular flexibility index (Phi) is 3.68. The summed E-state index contributed by atoms with van der Waals surface area (Å²) in [7, 11) is 0. The normalized spacial score (nSPS) is 33.1. The molecule has 9 nitrogen and oxygen atoms in total. The molecular formula is C12H17BrN4O5. The van der Waals surface area contributed by atoms with E-state index in [4.69, 9.17) is 25.7 Å². The van der Waals surface area contributed by atoms with Crippen molar-refractivity contribution >= 4 is 27.7 Å². The Morgan fingerprint density at radius 3 is 2.64 bits per heavy atom. The van der Waals surface area contributed by atoms with Crippen LogP contribution in [0.25, 0.3) is 0 Å². The molecule has 2 aliphatic heterocycles. The number of fused-ring (bicyclic) bond motifs is 1. The number of carbonyl (C=O) groups excluding carboxylic acids is 1. The van der Waals surface area contributed by atoms with Gasteiger partial charge in [-0.1, -0.05) is 0 Å². The molecule has 0 radical (unpaired) electrons. The predicted molar refractivity (Wildman–Crippen MR) is 77.7 cm³/mol. The molecular weight excluding hydrogens is 360 g/mol. The lowest BCUT2D eigenvalue weighted by molar-refractivity contribution is -0.200. The van der Waals surface area contributed by atoms with Gasteiger partial charge >= 0.3 is 0 Å². The second-order valence-electron chi connectivity index (χ2n) is 5.66. The summed E-state index contributed by atoms with van der Waals surface area (Å²) in [4.78, 5) is 15.4. The number of nitrogen functional groups attached to an aromatic ring is 1. The van der Waals surface area contributed by atoms with Crippen LogP contribution in [0.2, 0.25) is 0 Å².